The quantitative estimate of drug-likeness (QED) is 0.0441. The molecule has 2 aromatic carbocycles. The molecule has 4 heterocycles. The van der Waals surface area contributed by atoms with E-state index in [1.165, 1.54) is 23.6 Å². The van der Waals surface area contributed by atoms with Crippen molar-refractivity contribution in [3.63, 3.8) is 0 Å². The van der Waals surface area contributed by atoms with E-state index in [2.05, 4.69) is 38.0 Å². The van der Waals surface area contributed by atoms with Crippen LogP contribution in [0.4, 0.5) is 0 Å². The van der Waals surface area contributed by atoms with Crippen molar-refractivity contribution in [3.05, 3.63) is 70.8 Å². The van der Waals surface area contributed by atoms with Crippen molar-refractivity contribution in [1.29, 1.82) is 0 Å². The SMILES string of the molecule is CCCCCC(=O)N[C@H]1CSCc2cc(CSCCCC(=O)CN3CCN(CC(=O)O)CCN(CC(=O)O)CCN(CC(=O)O)CC3)cc(c2)CSC[C@@H](C(=O)N[C@@H](CO)C(=O)O)NC(=O)[C@H](Cc2ccccc2)NC(=O)[C@H](CCC(N)=O)NC(=O)[C@H]([C@@H](C)O)NC(=O)[C@@H]2CCCN2C(=O)[C@@H]2CCCN2C1. The van der Waals surface area contributed by atoms with Crippen LogP contribution in [0, 0.1) is 0 Å². The lowest BCUT2D eigenvalue weighted by molar-refractivity contribution is -0.143. The van der Waals surface area contributed by atoms with Gasteiger partial charge >= 0.3 is 23.9 Å². The molecule has 4 aliphatic rings. The first-order chi connectivity index (χ1) is 50.7. The molecule has 2 bridgehead atoms. The Bertz CT molecular complexity index is 3260. The van der Waals surface area contributed by atoms with Crippen LogP contribution >= 0.6 is 35.3 Å². The predicted molar refractivity (Wildman–Crippen MR) is 398 cm³/mol. The molecule has 3 fully saturated rings. The molecule has 6 rings (SSSR count). The first-order valence-corrected chi connectivity index (χ1v) is 39.8. The van der Waals surface area contributed by atoms with Crippen LogP contribution < -0.4 is 37.6 Å². The van der Waals surface area contributed by atoms with Crippen molar-refractivity contribution in [2.45, 2.75) is 169 Å². The van der Waals surface area contributed by atoms with Gasteiger partial charge in [-0.15, -0.1) is 0 Å². The number of carbonyl (C=O) groups is 13. The smallest absolute Gasteiger partial charge is 0.328 e. The molecule has 9 atom stereocenters. The van der Waals surface area contributed by atoms with E-state index in [4.69, 9.17) is 5.73 Å². The molecule has 32 nitrogen and oxygen atoms in total. The molecule has 588 valence electrons. The lowest BCUT2D eigenvalue weighted by atomic mass is 10.0. The number of amides is 8. The van der Waals surface area contributed by atoms with Crippen molar-refractivity contribution in [3.8, 4) is 0 Å². The highest BCUT2D eigenvalue weighted by atomic mass is 32.2. The van der Waals surface area contributed by atoms with Gasteiger partial charge in [0.15, 0.2) is 0 Å². The zero-order chi connectivity index (χ0) is 77.2. The summed E-state index contributed by atoms with van der Waals surface area (Å²) >= 11 is 4.36. The van der Waals surface area contributed by atoms with Gasteiger partial charge in [0.2, 0.25) is 47.3 Å². The second-order valence-electron chi connectivity index (χ2n) is 27.4. The normalized spacial score (nSPS) is 23.3. The summed E-state index contributed by atoms with van der Waals surface area (Å²) in [7, 11) is 0. The number of carboxylic acid groups (broad SMARTS) is 4. The second kappa shape index (κ2) is 46.0. The van der Waals surface area contributed by atoms with Gasteiger partial charge in [0.05, 0.1) is 51.0 Å². The topological polar surface area (TPSA) is 461 Å². The number of Topliss-reactive ketones (excluding diaryl/α,β-unsaturated/α-hetero) is 1. The van der Waals surface area contributed by atoms with E-state index in [0.29, 0.717) is 93.3 Å². The Hall–Kier alpha value is -7.48. The molecule has 0 unspecified atom stereocenters. The van der Waals surface area contributed by atoms with Gasteiger partial charge < -0.3 is 73.2 Å². The summed E-state index contributed by atoms with van der Waals surface area (Å²) < 4.78 is 0. The van der Waals surface area contributed by atoms with E-state index in [1.807, 2.05) is 28.9 Å². The number of thioether (sulfide) groups is 3. The van der Waals surface area contributed by atoms with Gasteiger partial charge in [-0.3, -0.25) is 82.0 Å². The maximum Gasteiger partial charge on any atom is 0.328 e. The number of nitrogens with two attached hydrogens (primary N) is 1. The molecule has 0 spiro atoms. The number of ketones is 1. The minimum Gasteiger partial charge on any atom is -0.480 e. The molecule has 0 radical (unpaired) electrons. The minimum atomic E-state index is -1.78. The average Bonchev–Trinajstić information content (AvgIpc) is 1.69. The Balaban J connectivity index is 1.30. The molecule has 0 saturated carbocycles. The summed E-state index contributed by atoms with van der Waals surface area (Å²) in [6, 6.07) is 4.19. The van der Waals surface area contributed by atoms with Crippen molar-refractivity contribution in [2.24, 2.45) is 5.73 Å². The van der Waals surface area contributed by atoms with E-state index in [9.17, 15) is 93.0 Å². The van der Waals surface area contributed by atoms with Gasteiger partial charge in [-0.05, 0) is 86.4 Å². The highest BCUT2D eigenvalue weighted by Crippen LogP contribution is 2.28. The van der Waals surface area contributed by atoms with Gasteiger partial charge in [0.25, 0.3) is 0 Å². The molecule has 3 saturated heterocycles. The van der Waals surface area contributed by atoms with Crippen LogP contribution in [0.3, 0.4) is 0 Å². The summed E-state index contributed by atoms with van der Waals surface area (Å²) in [5.41, 5.74) is 8.67. The number of benzene rings is 2. The Morgan fingerprint density at radius 1 is 0.632 bits per heavy atom. The third-order valence-electron chi connectivity index (χ3n) is 18.7. The van der Waals surface area contributed by atoms with Gasteiger partial charge in [-0.2, -0.15) is 35.3 Å². The molecular formula is C71H107N13O19S3. The number of aliphatic hydroxyl groups excluding tert-OH is 2. The third kappa shape index (κ3) is 31.0. The number of rotatable bonds is 29. The number of fused-ring (bicyclic) bond motifs is 4. The third-order valence-corrected chi connectivity index (χ3v) is 22.1. The van der Waals surface area contributed by atoms with E-state index >= 15 is 0 Å². The van der Waals surface area contributed by atoms with E-state index in [0.717, 1.165) is 29.5 Å². The van der Waals surface area contributed by atoms with Crippen LogP contribution in [0.15, 0.2) is 48.5 Å². The number of nitrogens with zero attached hydrogens (tertiary/aromatic N) is 6. The van der Waals surface area contributed by atoms with Crippen LogP contribution in [-0.4, -0.2) is 313 Å². The lowest BCUT2D eigenvalue weighted by Gasteiger charge is -2.33. The zero-order valence-electron chi connectivity index (χ0n) is 60.5. The number of aliphatic carboxylic acids is 4. The second-order valence-corrected chi connectivity index (χ2v) is 30.6. The van der Waals surface area contributed by atoms with Crippen LogP contribution in [0.5, 0.6) is 0 Å². The monoisotopic (exact) mass is 1540 g/mol. The van der Waals surface area contributed by atoms with Gasteiger partial charge in [-0.25, -0.2) is 4.79 Å². The summed E-state index contributed by atoms with van der Waals surface area (Å²) in [5.74, 6) is -8.88. The van der Waals surface area contributed by atoms with Crippen LogP contribution in [0.2, 0.25) is 0 Å². The van der Waals surface area contributed by atoms with Gasteiger partial charge in [-0.1, -0.05) is 68.3 Å². The molecule has 106 heavy (non-hydrogen) atoms. The number of hydrogen-bond donors (Lipinski definition) is 13. The summed E-state index contributed by atoms with van der Waals surface area (Å²) in [6.45, 7) is 4.50. The molecule has 4 aliphatic heterocycles. The Labute approximate surface area is 630 Å². The Kier molecular flexibility index (Phi) is 37.9. The van der Waals surface area contributed by atoms with Gasteiger partial charge in [0.1, 0.15) is 42.0 Å². The number of nitrogens with one attached hydrogen (secondary N) is 6. The molecular weight excluding hydrogens is 1440 g/mol. The summed E-state index contributed by atoms with van der Waals surface area (Å²) in [5, 5.41) is 76.0. The zero-order valence-corrected chi connectivity index (χ0v) is 63.0. The Morgan fingerprint density at radius 3 is 1.76 bits per heavy atom. The molecule has 0 aromatic heterocycles. The van der Waals surface area contributed by atoms with Gasteiger partial charge in [0, 0.05) is 120 Å². The minimum absolute atomic E-state index is 0.0315. The summed E-state index contributed by atoms with van der Waals surface area (Å²) in [4.78, 5) is 185. The standard InChI is InChI=1S/C71H107N13O19S3/c1-3-4-6-17-60(89)73-51-35-83-20-9-16-58(83)70(101)84-21-10-15-57(84)68(99)78-64(46(2)86)69(100)74-53(18-19-59(72)88)65(96)75-54(34-47-12-7-5-8-13-47)66(97)77-56(67(98)76-55(40-85)71(102)103)45-106-43-50-32-48(31-49(33-50)42-105-44-51)41-104-30-11-14-52(87)36-79-22-24-80(37-61(90)91)26-28-82(39-63(94)95)29-27-81(25-23-79)38-62(92)93/h5,7-8,12-13,31-33,46,51,53-58,64,85-86H,3-4,6,9-11,14-30,34-45H2,1-2H3,(H2,72,88)(H,73,89)(H,74,100)(H,75,96)(H,76,98)(H,77,97)(H,78,99)(H,90,91)(H,92,93)(H,94,95)(H,102,103)/t46-,51-,53+,54+,55+,56+,57+,58+,64+/m1/s1. The van der Waals surface area contributed by atoms with Crippen molar-refractivity contribution < 1.29 is 93.0 Å². The maximum absolute atomic E-state index is 14.8. The van der Waals surface area contributed by atoms with E-state index < -0.39 is 133 Å². The van der Waals surface area contributed by atoms with Crippen LogP contribution in [0.1, 0.15) is 113 Å². The first-order valence-electron chi connectivity index (χ1n) is 36.3. The number of hydrogen-bond acceptors (Lipinski definition) is 23. The molecule has 2 aromatic rings. The van der Waals surface area contributed by atoms with Crippen LogP contribution in [-0.2, 0) is 86.0 Å². The Morgan fingerprint density at radius 2 is 1.20 bits per heavy atom. The average molecular weight is 1540 g/mol. The first kappa shape index (κ1) is 87.4. The van der Waals surface area contributed by atoms with Crippen molar-refractivity contribution in [1.82, 2.24) is 61.3 Å². The highest BCUT2D eigenvalue weighted by molar-refractivity contribution is 7.99. The fourth-order valence-corrected chi connectivity index (χ4v) is 16.1. The molecule has 35 heteroatoms. The number of primary amides is 1. The number of unbranched alkanes of at least 4 members (excludes halogenated alkanes) is 2. The largest absolute Gasteiger partial charge is 0.480 e. The number of carboxylic acids is 4. The van der Waals surface area contributed by atoms with Crippen molar-refractivity contribution >= 4 is 112 Å². The summed E-state index contributed by atoms with van der Waals surface area (Å²) in [6.07, 6.45) is 2.61. The van der Waals surface area contributed by atoms with E-state index in [-0.39, 0.29) is 120 Å². The van der Waals surface area contributed by atoms with E-state index in [1.54, 1.807) is 68.6 Å². The highest BCUT2D eigenvalue weighted by Gasteiger charge is 2.43. The fraction of sp³-hybridized carbons (Fsp3) is 0.648. The molecule has 8 amide bonds. The lowest BCUT2D eigenvalue weighted by Crippen LogP contribution is -2.61. The molecule has 0 aliphatic carbocycles. The fourth-order valence-electron chi connectivity index (χ4n) is 13.2. The van der Waals surface area contributed by atoms with Crippen molar-refractivity contribution in [2.75, 3.05) is 122 Å². The maximum atomic E-state index is 14.8. The number of aliphatic hydroxyl groups is 2. The predicted octanol–water partition coefficient (Wildman–Crippen LogP) is -0.865. The van der Waals surface area contributed by atoms with Crippen LogP contribution in [0.25, 0.3) is 0 Å². The number of carbonyl (C=O) groups excluding carboxylic acids is 9. The molecule has 14 N–H and O–H groups in total.